The second kappa shape index (κ2) is 2.32. The number of hydrogen-bond acceptors (Lipinski definition) is 2. The molecule has 2 aliphatic rings. The van der Waals surface area contributed by atoms with Crippen LogP contribution in [0.15, 0.2) is 0 Å². The molecule has 0 spiro atoms. The van der Waals surface area contributed by atoms with Crippen molar-refractivity contribution in [1.82, 2.24) is 0 Å². The predicted octanol–water partition coefficient (Wildman–Crippen LogP) is 1.37. The van der Waals surface area contributed by atoms with Crippen LogP contribution in [0, 0.1) is 17.8 Å². The molecule has 0 heterocycles. The third kappa shape index (κ3) is 0.875. The first kappa shape index (κ1) is 8.24. The summed E-state index contributed by atoms with van der Waals surface area (Å²) in [5.41, 5.74) is -0.645. The number of carbonyl (C=O) groups is 1. The van der Waals surface area contributed by atoms with Crippen LogP contribution in [0.1, 0.15) is 33.1 Å². The molecule has 0 aromatic carbocycles. The van der Waals surface area contributed by atoms with Crippen LogP contribution in [-0.4, -0.2) is 16.5 Å². The smallest absolute Gasteiger partial charge is 0.141 e. The van der Waals surface area contributed by atoms with E-state index in [-0.39, 0.29) is 17.6 Å². The van der Waals surface area contributed by atoms with Gasteiger partial charge in [-0.3, -0.25) is 4.79 Å². The Labute approximate surface area is 73.0 Å². The molecule has 68 valence electrons. The van der Waals surface area contributed by atoms with Crippen LogP contribution in [0.4, 0.5) is 0 Å². The molecule has 0 aliphatic heterocycles. The van der Waals surface area contributed by atoms with Crippen molar-refractivity contribution in [2.45, 2.75) is 38.7 Å². The van der Waals surface area contributed by atoms with Gasteiger partial charge in [-0.05, 0) is 25.2 Å². The Morgan fingerprint density at radius 1 is 1.50 bits per heavy atom. The van der Waals surface area contributed by atoms with Gasteiger partial charge in [0.25, 0.3) is 0 Å². The molecule has 0 aromatic heterocycles. The lowest BCUT2D eigenvalue weighted by atomic mass is 9.71. The average Bonchev–Trinajstić information content (AvgIpc) is 2.41. The highest BCUT2D eigenvalue weighted by molar-refractivity contribution is 5.85. The minimum Gasteiger partial charge on any atom is -0.389 e. The fourth-order valence-corrected chi connectivity index (χ4v) is 2.80. The van der Waals surface area contributed by atoms with Crippen molar-refractivity contribution >= 4 is 5.78 Å². The number of Topliss-reactive ketones (excluding diaryl/α,β-unsaturated/α-hetero) is 1. The molecule has 0 amide bonds. The van der Waals surface area contributed by atoms with E-state index in [1.165, 1.54) is 0 Å². The Bertz CT molecular complexity index is 224. The van der Waals surface area contributed by atoms with E-state index in [1.807, 2.05) is 13.8 Å². The highest BCUT2D eigenvalue weighted by atomic mass is 16.3. The van der Waals surface area contributed by atoms with Gasteiger partial charge in [0.2, 0.25) is 0 Å². The minimum absolute atomic E-state index is 0.133. The van der Waals surface area contributed by atoms with Crippen LogP contribution >= 0.6 is 0 Å². The SMILES string of the molecule is CC1C(=O)[C@@H](C)C2CCC1(O)C2. The number of fused-ring (bicyclic) bond motifs is 2. The van der Waals surface area contributed by atoms with Crippen LogP contribution in [0.5, 0.6) is 0 Å². The normalized spacial score (nSPS) is 52.9. The van der Waals surface area contributed by atoms with Gasteiger partial charge >= 0.3 is 0 Å². The summed E-state index contributed by atoms with van der Waals surface area (Å²) in [5.74, 6) is 0.777. The summed E-state index contributed by atoms with van der Waals surface area (Å²) in [4.78, 5) is 11.6. The maximum Gasteiger partial charge on any atom is 0.141 e. The molecule has 2 rings (SSSR count). The summed E-state index contributed by atoms with van der Waals surface area (Å²) in [6.07, 6.45) is 2.71. The molecule has 0 radical (unpaired) electrons. The molecule has 2 heteroatoms. The van der Waals surface area contributed by atoms with Gasteiger partial charge in [-0.1, -0.05) is 13.8 Å². The summed E-state index contributed by atoms with van der Waals surface area (Å²) in [6, 6.07) is 0. The van der Waals surface area contributed by atoms with Gasteiger partial charge < -0.3 is 5.11 Å². The molecule has 4 atom stereocenters. The second-order valence-electron chi connectivity index (χ2n) is 4.52. The summed E-state index contributed by atoms with van der Waals surface area (Å²) in [6.45, 7) is 3.88. The third-order valence-corrected chi connectivity index (χ3v) is 3.95. The van der Waals surface area contributed by atoms with Gasteiger partial charge in [-0.2, -0.15) is 0 Å². The van der Waals surface area contributed by atoms with E-state index in [0.717, 1.165) is 19.3 Å². The molecule has 12 heavy (non-hydrogen) atoms. The summed E-state index contributed by atoms with van der Waals surface area (Å²) < 4.78 is 0. The van der Waals surface area contributed by atoms with Crippen LogP contribution in [0.3, 0.4) is 0 Å². The van der Waals surface area contributed by atoms with Gasteiger partial charge in [0.05, 0.1) is 5.60 Å². The van der Waals surface area contributed by atoms with Crippen LogP contribution in [-0.2, 0) is 4.79 Å². The molecule has 2 bridgehead atoms. The van der Waals surface area contributed by atoms with Crippen molar-refractivity contribution < 1.29 is 9.90 Å². The maximum atomic E-state index is 11.6. The largest absolute Gasteiger partial charge is 0.389 e. The number of carbonyl (C=O) groups excluding carboxylic acids is 1. The zero-order valence-electron chi connectivity index (χ0n) is 7.71. The van der Waals surface area contributed by atoms with Crippen molar-refractivity contribution in [2.24, 2.45) is 17.8 Å². The zero-order chi connectivity index (χ0) is 8.93. The Hall–Kier alpha value is -0.370. The highest BCUT2D eigenvalue weighted by Crippen LogP contribution is 2.48. The molecule has 0 aromatic rings. The van der Waals surface area contributed by atoms with Crippen molar-refractivity contribution in [1.29, 1.82) is 0 Å². The van der Waals surface area contributed by atoms with Crippen molar-refractivity contribution in [3.63, 3.8) is 0 Å². The van der Waals surface area contributed by atoms with Gasteiger partial charge in [-0.15, -0.1) is 0 Å². The molecule has 2 nitrogen and oxygen atoms in total. The van der Waals surface area contributed by atoms with E-state index in [9.17, 15) is 9.90 Å². The average molecular weight is 168 g/mol. The monoisotopic (exact) mass is 168 g/mol. The second-order valence-corrected chi connectivity index (χ2v) is 4.52. The van der Waals surface area contributed by atoms with Crippen LogP contribution in [0.2, 0.25) is 0 Å². The Morgan fingerprint density at radius 2 is 2.17 bits per heavy atom. The lowest BCUT2D eigenvalue weighted by Gasteiger charge is -2.36. The quantitative estimate of drug-likeness (QED) is 0.593. The standard InChI is InChI=1S/C10H16O2/c1-6-8-3-4-10(12,5-8)7(2)9(6)11/h6-8,12H,3-5H2,1-2H3/t6-,7?,8?,10?/m0/s1. The first-order chi connectivity index (χ1) is 5.54. The molecular formula is C10H16O2. The third-order valence-electron chi connectivity index (χ3n) is 3.95. The minimum atomic E-state index is -0.645. The number of rotatable bonds is 0. The van der Waals surface area contributed by atoms with Crippen molar-refractivity contribution in [3.05, 3.63) is 0 Å². The fraction of sp³-hybridized carbons (Fsp3) is 0.900. The van der Waals surface area contributed by atoms with Gasteiger partial charge in [0.15, 0.2) is 0 Å². The lowest BCUT2D eigenvalue weighted by Crippen LogP contribution is -2.45. The molecule has 2 saturated carbocycles. The Balaban J connectivity index is 2.32. The van der Waals surface area contributed by atoms with Gasteiger partial charge in [0.1, 0.15) is 5.78 Å². The first-order valence-electron chi connectivity index (χ1n) is 4.81. The number of ketones is 1. The summed E-state index contributed by atoms with van der Waals surface area (Å²) in [7, 11) is 0. The number of hydrogen-bond donors (Lipinski definition) is 1. The predicted molar refractivity (Wildman–Crippen MR) is 45.6 cm³/mol. The first-order valence-corrected chi connectivity index (χ1v) is 4.81. The van der Waals surface area contributed by atoms with Crippen molar-refractivity contribution in [3.8, 4) is 0 Å². The van der Waals surface area contributed by atoms with Crippen LogP contribution in [0.25, 0.3) is 0 Å². The van der Waals surface area contributed by atoms with E-state index in [2.05, 4.69) is 0 Å². The zero-order valence-corrected chi connectivity index (χ0v) is 7.71. The van der Waals surface area contributed by atoms with E-state index in [1.54, 1.807) is 0 Å². The fourth-order valence-electron chi connectivity index (χ4n) is 2.80. The molecule has 2 aliphatic carbocycles. The van der Waals surface area contributed by atoms with E-state index in [0.29, 0.717) is 5.92 Å². The lowest BCUT2D eigenvalue weighted by molar-refractivity contribution is -0.140. The molecule has 2 fully saturated rings. The van der Waals surface area contributed by atoms with E-state index in [4.69, 9.17) is 0 Å². The summed E-state index contributed by atoms with van der Waals surface area (Å²) in [5, 5.41) is 10.1. The van der Waals surface area contributed by atoms with Crippen LogP contribution < -0.4 is 0 Å². The van der Waals surface area contributed by atoms with Gasteiger partial charge in [-0.25, -0.2) is 0 Å². The topological polar surface area (TPSA) is 37.3 Å². The molecular weight excluding hydrogens is 152 g/mol. The number of aliphatic hydroxyl groups is 1. The van der Waals surface area contributed by atoms with E-state index >= 15 is 0 Å². The van der Waals surface area contributed by atoms with Crippen molar-refractivity contribution in [2.75, 3.05) is 0 Å². The highest BCUT2D eigenvalue weighted by Gasteiger charge is 2.52. The Morgan fingerprint density at radius 3 is 2.83 bits per heavy atom. The Kier molecular flexibility index (Phi) is 1.59. The molecule has 3 unspecified atom stereocenters. The van der Waals surface area contributed by atoms with E-state index < -0.39 is 5.60 Å². The molecule has 1 N–H and O–H groups in total. The summed E-state index contributed by atoms with van der Waals surface area (Å²) >= 11 is 0. The maximum absolute atomic E-state index is 11.6. The van der Waals surface area contributed by atoms with Gasteiger partial charge in [0, 0.05) is 11.8 Å². The molecule has 0 saturated heterocycles.